The molecular weight excluding hydrogens is 224 g/mol. The van der Waals surface area contributed by atoms with E-state index in [1.165, 1.54) is 18.4 Å². The average Bonchev–Trinajstić information content (AvgIpc) is 3.19. The fraction of sp³-hybridized carbons (Fsp3) is 0.467. The quantitative estimate of drug-likeness (QED) is 0.861. The Bertz CT molecular complexity index is 466. The summed E-state index contributed by atoms with van der Waals surface area (Å²) in [5, 5.41) is 11.8. The molecule has 2 rings (SSSR count). The van der Waals surface area contributed by atoms with E-state index in [9.17, 15) is 4.79 Å². The molecule has 0 spiro atoms. The van der Waals surface area contributed by atoms with E-state index in [4.69, 9.17) is 5.26 Å². The van der Waals surface area contributed by atoms with Crippen LogP contribution in [-0.2, 0) is 11.2 Å². The molecule has 0 bridgehead atoms. The molecule has 94 valence electrons. The highest BCUT2D eigenvalue weighted by molar-refractivity contribution is 5.99. The van der Waals surface area contributed by atoms with Gasteiger partial charge in [0.15, 0.2) is 0 Å². The van der Waals surface area contributed by atoms with Crippen LogP contribution in [0.1, 0.15) is 38.2 Å². The van der Waals surface area contributed by atoms with Crippen molar-refractivity contribution >= 4 is 11.6 Å². The Balaban J connectivity index is 1.94. The van der Waals surface area contributed by atoms with E-state index in [2.05, 4.69) is 18.3 Å². The van der Waals surface area contributed by atoms with Crippen molar-refractivity contribution in [1.82, 2.24) is 0 Å². The van der Waals surface area contributed by atoms with Gasteiger partial charge < -0.3 is 5.32 Å². The van der Waals surface area contributed by atoms with Crippen LogP contribution in [0.15, 0.2) is 24.3 Å². The first-order valence-corrected chi connectivity index (χ1v) is 6.52. The topological polar surface area (TPSA) is 52.9 Å². The zero-order valence-corrected chi connectivity index (χ0v) is 10.7. The summed E-state index contributed by atoms with van der Waals surface area (Å²) in [7, 11) is 0. The van der Waals surface area contributed by atoms with Gasteiger partial charge >= 0.3 is 0 Å². The number of amides is 1. The molecule has 1 N–H and O–H groups in total. The van der Waals surface area contributed by atoms with Gasteiger partial charge in [-0.05, 0) is 43.4 Å². The molecule has 1 aliphatic carbocycles. The van der Waals surface area contributed by atoms with Crippen molar-refractivity contribution in [2.75, 3.05) is 5.32 Å². The zero-order valence-electron chi connectivity index (χ0n) is 10.7. The second-order valence-corrected chi connectivity index (χ2v) is 4.95. The van der Waals surface area contributed by atoms with Gasteiger partial charge in [0, 0.05) is 5.69 Å². The molecule has 18 heavy (non-hydrogen) atoms. The molecule has 1 aromatic rings. The molecule has 1 saturated carbocycles. The second-order valence-electron chi connectivity index (χ2n) is 4.95. The van der Waals surface area contributed by atoms with Crippen LogP contribution in [0.5, 0.6) is 0 Å². The number of unbranched alkanes of at least 4 members (excludes halogenated alkanes) is 1. The molecule has 1 fully saturated rings. The van der Waals surface area contributed by atoms with Gasteiger partial charge in [0.2, 0.25) is 5.91 Å². The lowest BCUT2D eigenvalue weighted by atomic mass is 10.1. The molecule has 0 radical (unpaired) electrons. The summed E-state index contributed by atoms with van der Waals surface area (Å²) in [5.74, 6) is -0.161. The van der Waals surface area contributed by atoms with Crippen LogP contribution in [0.3, 0.4) is 0 Å². The molecule has 0 aromatic heterocycles. The molecule has 0 aliphatic heterocycles. The van der Waals surface area contributed by atoms with Gasteiger partial charge in [-0.15, -0.1) is 0 Å². The Labute approximate surface area is 108 Å². The number of rotatable bonds is 5. The Morgan fingerprint density at radius 3 is 2.56 bits per heavy atom. The van der Waals surface area contributed by atoms with Gasteiger partial charge in [0.1, 0.15) is 5.41 Å². The number of nitrogens with zero attached hydrogens (tertiary/aromatic N) is 1. The molecule has 0 unspecified atom stereocenters. The van der Waals surface area contributed by atoms with Crippen molar-refractivity contribution in [3.05, 3.63) is 29.8 Å². The number of carbonyl (C=O) groups is 1. The monoisotopic (exact) mass is 242 g/mol. The van der Waals surface area contributed by atoms with E-state index in [0.717, 1.165) is 12.1 Å². The van der Waals surface area contributed by atoms with Gasteiger partial charge in [0.05, 0.1) is 6.07 Å². The Morgan fingerprint density at radius 2 is 2.06 bits per heavy atom. The number of nitrogens with one attached hydrogen (secondary N) is 1. The van der Waals surface area contributed by atoms with E-state index >= 15 is 0 Å². The summed E-state index contributed by atoms with van der Waals surface area (Å²) >= 11 is 0. The lowest BCUT2D eigenvalue weighted by molar-refractivity contribution is -0.119. The van der Waals surface area contributed by atoms with Crippen LogP contribution in [0.4, 0.5) is 5.69 Å². The fourth-order valence-electron chi connectivity index (χ4n) is 1.90. The van der Waals surface area contributed by atoms with Crippen LogP contribution >= 0.6 is 0 Å². The standard InChI is InChI=1S/C15H18N2O/c1-2-3-4-12-5-7-13(8-6-12)17-14(18)15(11-16)9-10-15/h5-8H,2-4,9-10H2,1H3,(H,17,18). The van der Waals surface area contributed by atoms with Gasteiger partial charge in [-0.1, -0.05) is 25.5 Å². The van der Waals surface area contributed by atoms with E-state index in [0.29, 0.717) is 12.8 Å². The highest BCUT2D eigenvalue weighted by Crippen LogP contribution is 2.45. The molecule has 0 heterocycles. The van der Waals surface area contributed by atoms with Crippen LogP contribution in [-0.4, -0.2) is 5.91 Å². The summed E-state index contributed by atoms with van der Waals surface area (Å²) in [6.07, 6.45) is 4.81. The van der Waals surface area contributed by atoms with Crippen molar-refractivity contribution in [3.63, 3.8) is 0 Å². The number of hydrogen-bond acceptors (Lipinski definition) is 2. The third-order valence-corrected chi connectivity index (χ3v) is 3.43. The SMILES string of the molecule is CCCCc1ccc(NC(=O)C2(C#N)CC2)cc1. The lowest BCUT2D eigenvalue weighted by Crippen LogP contribution is -2.22. The molecule has 0 saturated heterocycles. The Hall–Kier alpha value is -1.82. The maximum atomic E-state index is 11.9. The molecular formula is C15H18N2O. The first kappa shape index (κ1) is 12.6. The van der Waals surface area contributed by atoms with Crippen molar-refractivity contribution < 1.29 is 4.79 Å². The Kier molecular flexibility index (Phi) is 3.66. The first-order chi connectivity index (χ1) is 8.70. The molecule has 1 amide bonds. The summed E-state index contributed by atoms with van der Waals surface area (Å²) in [5.41, 5.74) is 1.32. The summed E-state index contributed by atoms with van der Waals surface area (Å²) < 4.78 is 0. The van der Waals surface area contributed by atoms with Crippen LogP contribution in [0.2, 0.25) is 0 Å². The van der Waals surface area contributed by atoms with Crippen molar-refractivity contribution in [1.29, 1.82) is 5.26 Å². The molecule has 1 aliphatic rings. The number of benzene rings is 1. The largest absolute Gasteiger partial charge is 0.325 e. The summed E-state index contributed by atoms with van der Waals surface area (Å²) in [6, 6.07) is 10.0. The van der Waals surface area contributed by atoms with Crippen molar-refractivity contribution in [3.8, 4) is 6.07 Å². The minimum atomic E-state index is -0.749. The second kappa shape index (κ2) is 5.22. The minimum absolute atomic E-state index is 0.161. The van der Waals surface area contributed by atoms with Gasteiger partial charge in [-0.3, -0.25) is 4.79 Å². The number of carbonyl (C=O) groups excluding carboxylic acids is 1. The van der Waals surface area contributed by atoms with E-state index in [1.807, 2.05) is 24.3 Å². The lowest BCUT2D eigenvalue weighted by Gasteiger charge is -2.08. The minimum Gasteiger partial charge on any atom is -0.325 e. The summed E-state index contributed by atoms with van der Waals surface area (Å²) in [4.78, 5) is 11.9. The highest BCUT2D eigenvalue weighted by atomic mass is 16.2. The predicted octanol–water partition coefficient (Wildman–Crippen LogP) is 3.27. The number of nitriles is 1. The third-order valence-electron chi connectivity index (χ3n) is 3.43. The van der Waals surface area contributed by atoms with Crippen LogP contribution < -0.4 is 5.32 Å². The van der Waals surface area contributed by atoms with Crippen molar-refractivity contribution in [2.45, 2.75) is 39.0 Å². The fourth-order valence-corrected chi connectivity index (χ4v) is 1.90. The Morgan fingerprint density at radius 1 is 1.39 bits per heavy atom. The molecule has 0 atom stereocenters. The number of hydrogen-bond donors (Lipinski definition) is 1. The normalized spacial score (nSPS) is 15.8. The maximum Gasteiger partial charge on any atom is 0.244 e. The maximum absolute atomic E-state index is 11.9. The average molecular weight is 242 g/mol. The predicted molar refractivity (Wildman–Crippen MR) is 71.0 cm³/mol. The van der Waals surface area contributed by atoms with Crippen molar-refractivity contribution in [2.24, 2.45) is 5.41 Å². The first-order valence-electron chi connectivity index (χ1n) is 6.52. The molecule has 3 heteroatoms. The summed E-state index contributed by atoms with van der Waals surface area (Å²) in [6.45, 7) is 2.17. The molecule has 1 aromatic carbocycles. The highest BCUT2D eigenvalue weighted by Gasteiger charge is 2.50. The van der Waals surface area contributed by atoms with E-state index < -0.39 is 5.41 Å². The smallest absolute Gasteiger partial charge is 0.244 e. The van der Waals surface area contributed by atoms with Crippen LogP contribution in [0, 0.1) is 16.7 Å². The van der Waals surface area contributed by atoms with Crippen LogP contribution in [0.25, 0.3) is 0 Å². The van der Waals surface area contributed by atoms with E-state index in [-0.39, 0.29) is 5.91 Å². The van der Waals surface area contributed by atoms with Gasteiger partial charge in [-0.25, -0.2) is 0 Å². The van der Waals surface area contributed by atoms with E-state index in [1.54, 1.807) is 0 Å². The zero-order chi connectivity index (χ0) is 13.0. The number of aryl methyl sites for hydroxylation is 1. The molecule has 3 nitrogen and oxygen atoms in total. The van der Waals surface area contributed by atoms with Gasteiger partial charge in [0.25, 0.3) is 0 Å². The third kappa shape index (κ3) is 2.70. The number of anilines is 1. The van der Waals surface area contributed by atoms with Gasteiger partial charge in [-0.2, -0.15) is 5.26 Å².